The van der Waals surface area contributed by atoms with Gasteiger partial charge in [0.15, 0.2) is 0 Å². The molecule has 3 atom stereocenters. The minimum atomic E-state index is 0.191. The number of nitrogens with one attached hydrogen (secondary N) is 1. The van der Waals surface area contributed by atoms with Gasteiger partial charge in [-0.2, -0.15) is 0 Å². The minimum Gasteiger partial charge on any atom is -0.353 e. The van der Waals surface area contributed by atoms with Crippen LogP contribution in [-0.4, -0.2) is 17.3 Å². The van der Waals surface area contributed by atoms with Crippen LogP contribution in [0.25, 0.3) is 0 Å². The van der Waals surface area contributed by atoms with Crippen LogP contribution in [0, 0.1) is 5.92 Å². The van der Waals surface area contributed by atoms with E-state index in [0.29, 0.717) is 12.0 Å². The first kappa shape index (κ1) is 13.6. The van der Waals surface area contributed by atoms with E-state index in [0.717, 1.165) is 24.6 Å². The number of alkyl halides is 1. The summed E-state index contributed by atoms with van der Waals surface area (Å²) < 4.78 is 0. The molecule has 1 aromatic carbocycles. The van der Waals surface area contributed by atoms with Crippen LogP contribution < -0.4 is 5.32 Å². The molecule has 2 nitrogen and oxygen atoms in total. The number of benzene rings is 1. The predicted molar refractivity (Wildman–Crippen MR) is 77.9 cm³/mol. The highest BCUT2D eigenvalue weighted by molar-refractivity contribution is 9.09. The standard InChI is InChI=1S/C15H20BrNO/c1-2-12(8-9-16)17-15(18)14-10-13(14)11-6-4-3-5-7-11/h3-7,12-14H,2,8-10H2,1H3,(H,17,18). The summed E-state index contributed by atoms with van der Waals surface area (Å²) in [5, 5.41) is 4.10. The lowest BCUT2D eigenvalue weighted by atomic mass is 10.1. The van der Waals surface area contributed by atoms with E-state index in [-0.39, 0.29) is 11.8 Å². The summed E-state index contributed by atoms with van der Waals surface area (Å²) in [6, 6.07) is 10.7. The molecule has 0 heterocycles. The van der Waals surface area contributed by atoms with Crippen molar-refractivity contribution in [3.05, 3.63) is 35.9 Å². The molecule has 1 aliphatic carbocycles. The summed E-state index contributed by atoms with van der Waals surface area (Å²) >= 11 is 3.43. The number of amides is 1. The van der Waals surface area contributed by atoms with Crippen LogP contribution in [0.4, 0.5) is 0 Å². The molecule has 0 aromatic heterocycles. The summed E-state index contributed by atoms with van der Waals surface area (Å²) in [5.74, 6) is 0.862. The summed E-state index contributed by atoms with van der Waals surface area (Å²) in [4.78, 5) is 12.1. The molecule has 1 amide bonds. The molecule has 0 aliphatic heterocycles. The molecule has 2 rings (SSSR count). The number of carbonyl (C=O) groups is 1. The quantitative estimate of drug-likeness (QED) is 0.801. The van der Waals surface area contributed by atoms with E-state index in [1.54, 1.807) is 0 Å². The van der Waals surface area contributed by atoms with Crippen LogP contribution in [0.1, 0.15) is 37.7 Å². The number of carbonyl (C=O) groups excluding carboxylic acids is 1. The molecule has 98 valence electrons. The van der Waals surface area contributed by atoms with Crippen LogP contribution in [-0.2, 0) is 4.79 Å². The van der Waals surface area contributed by atoms with Crippen molar-refractivity contribution < 1.29 is 4.79 Å². The fraction of sp³-hybridized carbons (Fsp3) is 0.533. The molecule has 1 aliphatic rings. The van der Waals surface area contributed by atoms with Crippen molar-refractivity contribution in [2.45, 2.75) is 38.1 Å². The lowest BCUT2D eigenvalue weighted by Gasteiger charge is -2.15. The molecule has 1 aromatic rings. The molecule has 3 heteroatoms. The number of rotatable bonds is 6. The Morgan fingerprint density at radius 2 is 2.17 bits per heavy atom. The highest BCUT2D eigenvalue weighted by Gasteiger charge is 2.44. The first-order valence-electron chi connectivity index (χ1n) is 6.67. The third-order valence-corrected chi connectivity index (χ3v) is 4.11. The van der Waals surface area contributed by atoms with E-state index in [4.69, 9.17) is 0 Å². The topological polar surface area (TPSA) is 29.1 Å². The third-order valence-electron chi connectivity index (χ3n) is 3.65. The Hall–Kier alpha value is -0.830. The summed E-state index contributed by atoms with van der Waals surface area (Å²) in [6.45, 7) is 2.12. The average molecular weight is 310 g/mol. The molecular formula is C15H20BrNO. The van der Waals surface area contributed by atoms with Crippen molar-refractivity contribution in [3.63, 3.8) is 0 Å². The fourth-order valence-electron chi connectivity index (χ4n) is 2.37. The fourth-order valence-corrected chi connectivity index (χ4v) is 2.92. The van der Waals surface area contributed by atoms with Gasteiger partial charge in [0, 0.05) is 17.3 Å². The van der Waals surface area contributed by atoms with Crippen LogP contribution in [0.2, 0.25) is 0 Å². The zero-order valence-corrected chi connectivity index (χ0v) is 12.3. The highest BCUT2D eigenvalue weighted by Crippen LogP contribution is 2.47. The van der Waals surface area contributed by atoms with Gasteiger partial charge in [-0.25, -0.2) is 0 Å². The van der Waals surface area contributed by atoms with Gasteiger partial charge < -0.3 is 5.32 Å². The van der Waals surface area contributed by atoms with Gasteiger partial charge in [-0.3, -0.25) is 4.79 Å². The monoisotopic (exact) mass is 309 g/mol. The van der Waals surface area contributed by atoms with Crippen LogP contribution >= 0.6 is 15.9 Å². The number of hydrogen-bond acceptors (Lipinski definition) is 1. The molecule has 1 saturated carbocycles. The largest absolute Gasteiger partial charge is 0.353 e. The second-order valence-corrected chi connectivity index (χ2v) is 5.74. The van der Waals surface area contributed by atoms with Crippen molar-refractivity contribution in [1.82, 2.24) is 5.32 Å². The van der Waals surface area contributed by atoms with Gasteiger partial charge >= 0.3 is 0 Å². The Labute approximate surface area is 117 Å². The van der Waals surface area contributed by atoms with Crippen molar-refractivity contribution in [2.24, 2.45) is 5.92 Å². The lowest BCUT2D eigenvalue weighted by Crippen LogP contribution is -2.35. The molecule has 0 bridgehead atoms. The van der Waals surface area contributed by atoms with Gasteiger partial charge in [0.1, 0.15) is 0 Å². The molecule has 0 spiro atoms. The van der Waals surface area contributed by atoms with Crippen molar-refractivity contribution in [2.75, 3.05) is 5.33 Å². The van der Waals surface area contributed by atoms with E-state index in [9.17, 15) is 4.79 Å². The average Bonchev–Trinajstić information content (AvgIpc) is 3.19. The van der Waals surface area contributed by atoms with Crippen molar-refractivity contribution in [3.8, 4) is 0 Å². The predicted octanol–water partition coefficient (Wildman–Crippen LogP) is 3.47. The van der Waals surface area contributed by atoms with Gasteiger partial charge in [0.25, 0.3) is 0 Å². The molecule has 0 radical (unpaired) electrons. The van der Waals surface area contributed by atoms with Gasteiger partial charge in [0.05, 0.1) is 0 Å². The molecule has 3 unspecified atom stereocenters. The number of halogens is 1. The molecular weight excluding hydrogens is 290 g/mol. The van der Waals surface area contributed by atoms with Crippen molar-refractivity contribution in [1.29, 1.82) is 0 Å². The van der Waals surface area contributed by atoms with Crippen LogP contribution in [0.15, 0.2) is 30.3 Å². The first-order valence-corrected chi connectivity index (χ1v) is 7.79. The maximum absolute atomic E-state index is 12.1. The van der Waals surface area contributed by atoms with Gasteiger partial charge in [-0.15, -0.1) is 0 Å². The number of hydrogen-bond donors (Lipinski definition) is 1. The third kappa shape index (κ3) is 3.35. The molecule has 1 fully saturated rings. The van der Waals surface area contributed by atoms with E-state index in [2.05, 4.69) is 40.3 Å². The Morgan fingerprint density at radius 3 is 2.78 bits per heavy atom. The zero-order chi connectivity index (χ0) is 13.0. The lowest BCUT2D eigenvalue weighted by molar-refractivity contribution is -0.123. The summed E-state index contributed by atoms with van der Waals surface area (Å²) in [6.07, 6.45) is 3.01. The summed E-state index contributed by atoms with van der Waals surface area (Å²) in [7, 11) is 0. The van der Waals surface area contributed by atoms with Crippen LogP contribution in [0.3, 0.4) is 0 Å². The van der Waals surface area contributed by atoms with E-state index in [1.165, 1.54) is 5.56 Å². The molecule has 1 N–H and O–H groups in total. The second kappa shape index (κ2) is 6.37. The molecule has 0 saturated heterocycles. The maximum atomic E-state index is 12.1. The maximum Gasteiger partial charge on any atom is 0.223 e. The van der Waals surface area contributed by atoms with E-state index >= 15 is 0 Å². The Bertz CT molecular complexity index is 393. The van der Waals surface area contributed by atoms with Crippen molar-refractivity contribution >= 4 is 21.8 Å². The normalized spacial score (nSPS) is 23.4. The zero-order valence-electron chi connectivity index (χ0n) is 10.7. The Balaban J connectivity index is 1.86. The Morgan fingerprint density at radius 1 is 1.44 bits per heavy atom. The van der Waals surface area contributed by atoms with E-state index < -0.39 is 0 Å². The van der Waals surface area contributed by atoms with E-state index in [1.807, 2.05) is 18.2 Å². The minimum absolute atomic E-state index is 0.191. The van der Waals surface area contributed by atoms with Gasteiger partial charge in [-0.05, 0) is 30.7 Å². The molecule has 18 heavy (non-hydrogen) atoms. The smallest absolute Gasteiger partial charge is 0.223 e. The second-order valence-electron chi connectivity index (χ2n) is 4.95. The summed E-state index contributed by atoms with van der Waals surface area (Å²) in [5.41, 5.74) is 1.30. The first-order chi connectivity index (χ1) is 8.76. The van der Waals surface area contributed by atoms with Gasteiger partial charge in [-0.1, -0.05) is 53.2 Å². The Kier molecular flexibility index (Phi) is 4.81. The highest BCUT2D eigenvalue weighted by atomic mass is 79.9. The van der Waals surface area contributed by atoms with Gasteiger partial charge in [0.2, 0.25) is 5.91 Å². The van der Waals surface area contributed by atoms with Crippen LogP contribution in [0.5, 0.6) is 0 Å². The SMILES string of the molecule is CCC(CCBr)NC(=O)C1CC1c1ccccc1.